The molecular weight excluding hydrogens is 528 g/mol. The number of carbonyl (C=O) groups is 1. The first-order valence-electron chi connectivity index (χ1n) is 11.1. The first kappa shape index (κ1) is 26.3. The number of hydrogen-bond acceptors (Lipinski definition) is 4. The summed E-state index contributed by atoms with van der Waals surface area (Å²) in [5.41, 5.74) is 5.44. The molecule has 0 radical (unpaired) electrons. The maximum atomic E-state index is 12.7. The zero-order valence-electron chi connectivity index (χ0n) is 20.0. The molecule has 5 nitrogen and oxygen atoms in total. The van der Waals surface area contributed by atoms with Crippen LogP contribution in [0.2, 0.25) is 5.02 Å². The normalized spacial score (nSPS) is 11.1. The highest BCUT2D eigenvalue weighted by Crippen LogP contribution is 2.38. The van der Waals surface area contributed by atoms with E-state index in [9.17, 15) is 10.1 Å². The third-order valence-corrected chi connectivity index (χ3v) is 6.39. The van der Waals surface area contributed by atoms with Crippen molar-refractivity contribution in [3.8, 4) is 17.6 Å². The summed E-state index contributed by atoms with van der Waals surface area (Å²) in [6, 6.07) is 16.9. The number of hydrogen-bond donors (Lipinski definition) is 1. The van der Waals surface area contributed by atoms with Crippen molar-refractivity contribution >= 4 is 45.2 Å². The second kappa shape index (κ2) is 11.9. The van der Waals surface area contributed by atoms with E-state index in [2.05, 4.69) is 47.2 Å². The zero-order chi connectivity index (χ0) is 25.5. The SMILES string of the molecule is CCOc1cc(/C=C(\C#N)C(=O)Nc2ccc(C)c(Cl)c2)cc(Br)c1OCc1ccc(C)c(C)c1. The van der Waals surface area contributed by atoms with Gasteiger partial charge in [-0.15, -0.1) is 0 Å². The van der Waals surface area contributed by atoms with E-state index in [0.717, 1.165) is 11.1 Å². The average molecular weight is 554 g/mol. The van der Waals surface area contributed by atoms with Gasteiger partial charge in [0, 0.05) is 10.7 Å². The first-order chi connectivity index (χ1) is 16.7. The Labute approximate surface area is 219 Å². The van der Waals surface area contributed by atoms with Crippen LogP contribution in [0.3, 0.4) is 0 Å². The molecule has 3 aromatic carbocycles. The van der Waals surface area contributed by atoms with Crippen LogP contribution in [0.1, 0.15) is 34.7 Å². The molecule has 0 atom stereocenters. The molecule has 0 spiro atoms. The van der Waals surface area contributed by atoms with Gasteiger partial charge in [0.05, 0.1) is 11.1 Å². The molecule has 0 saturated heterocycles. The summed E-state index contributed by atoms with van der Waals surface area (Å²) >= 11 is 9.69. The lowest BCUT2D eigenvalue weighted by Crippen LogP contribution is -2.13. The minimum Gasteiger partial charge on any atom is -0.490 e. The predicted octanol–water partition coefficient (Wildman–Crippen LogP) is 7.55. The Morgan fingerprint density at radius 3 is 2.46 bits per heavy atom. The van der Waals surface area contributed by atoms with E-state index in [1.807, 2.05) is 26.0 Å². The number of nitrogens with one attached hydrogen (secondary N) is 1. The molecule has 3 rings (SSSR count). The minimum absolute atomic E-state index is 0.0557. The van der Waals surface area contributed by atoms with Gasteiger partial charge >= 0.3 is 0 Å². The highest BCUT2D eigenvalue weighted by atomic mass is 79.9. The largest absolute Gasteiger partial charge is 0.490 e. The van der Waals surface area contributed by atoms with Crippen LogP contribution in [-0.4, -0.2) is 12.5 Å². The van der Waals surface area contributed by atoms with Gasteiger partial charge in [0.25, 0.3) is 5.91 Å². The number of nitrogens with zero attached hydrogens (tertiary/aromatic N) is 1. The summed E-state index contributed by atoms with van der Waals surface area (Å²) in [5.74, 6) is 0.538. The fourth-order valence-corrected chi connectivity index (χ4v) is 4.06. The van der Waals surface area contributed by atoms with E-state index >= 15 is 0 Å². The van der Waals surface area contributed by atoms with Gasteiger partial charge in [-0.3, -0.25) is 4.79 Å². The summed E-state index contributed by atoms with van der Waals surface area (Å²) in [7, 11) is 0. The molecule has 0 fully saturated rings. The highest BCUT2D eigenvalue weighted by molar-refractivity contribution is 9.10. The number of anilines is 1. The molecule has 0 unspecified atom stereocenters. The van der Waals surface area contributed by atoms with Gasteiger partial charge in [0.15, 0.2) is 11.5 Å². The molecule has 0 aliphatic carbocycles. The zero-order valence-corrected chi connectivity index (χ0v) is 22.4. The van der Waals surface area contributed by atoms with Crippen molar-refractivity contribution in [1.29, 1.82) is 5.26 Å². The standard InChI is InChI=1S/C28H26BrClN2O3/c1-5-34-26-13-21(11-22(15-31)28(33)32-23-9-7-18(3)25(30)14-23)12-24(29)27(26)35-16-20-8-6-17(2)19(4)10-20/h6-14H,5,16H2,1-4H3,(H,32,33)/b22-11+. The maximum absolute atomic E-state index is 12.7. The average Bonchev–Trinajstić information content (AvgIpc) is 2.81. The monoisotopic (exact) mass is 552 g/mol. The number of benzene rings is 3. The Morgan fingerprint density at radius 2 is 1.80 bits per heavy atom. The van der Waals surface area contributed by atoms with E-state index in [0.29, 0.717) is 45.5 Å². The van der Waals surface area contributed by atoms with Gasteiger partial charge in [-0.05, 0) is 102 Å². The number of ether oxygens (including phenoxy) is 2. The lowest BCUT2D eigenvalue weighted by Gasteiger charge is -2.15. The van der Waals surface area contributed by atoms with Crippen LogP contribution in [0.25, 0.3) is 6.08 Å². The highest BCUT2D eigenvalue weighted by Gasteiger charge is 2.15. The fourth-order valence-electron chi connectivity index (χ4n) is 3.31. The molecule has 35 heavy (non-hydrogen) atoms. The Kier molecular flexibility index (Phi) is 8.97. The van der Waals surface area contributed by atoms with Crippen molar-refractivity contribution in [3.05, 3.63) is 91.4 Å². The summed E-state index contributed by atoms with van der Waals surface area (Å²) in [5, 5.41) is 12.9. The Morgan fingerprint density at radius 1 is 1.06 bits per heavy atom. The van der Waals surface area contributed by atoms with Crippen LogP contribution in [-0.2, 0) is 11.4 Å². The van der Waals surface area contributed by atoms with Gasteiger partial charge in [0.2, 0.25) is 0 Å². The number of carbonyl (C=O) groups excluding carboxylic acids is 1. The molecule has 0 saturated carbocycles. The summed E-state index contributed by atoms with van der Waals surface area (Å²) in [4.78, 5) is 12.7. The van der Waals surface area contributed by atoms with Crippen LogP contribution < -0.4 is 14.8 Å². The Balaban J connectivity index is 1.85. The molecule has 0 aliphatic rings. The Hall–Kier alpha value is -3.27. The number of aryl methyl sites for hydroxylation is 3. The third-order valence-electron chi connectivity index (χ3n) is 5.39. The van der Waals surface area contributed by atoms with Crippen LogP contribution in [0.5, 0.6) is 11.5 Å². The number of rotatable bonds is 8. The molecule has 3 aromatic rings. The molecule has 0 bridgehead atoms. The van der Waals surface area contributed by atoms with Gasteiger partial charge in [0.1, 0.15) is 18.2 Å². The smallest absolute Gasteiger partial charge is 0.266 e. The third kappa shape index (κ3) is 6.88. The second-order valence-electron chi connectivity index (χ2n) is 8.06. The van der Waals surface area contributed by atoms with Crippen molar-refractivity contribution in [2.45, 2.75) is 34.3 Å². The molecule has 1 amide bonds. The molecule has 0 heterocycles. The van der Waals surface area contributed by atoms with Crippen LogP contribution in [0.15, 0.2) is 58.6 Å². The predicted molar refractivity (Wildman–Crippen MR) is 144 cm³/mol. The topological polar surface area (TPSA) is 71.3 Å². The second-order valence-corrected chi connectivity index (χ2v) is 9.32. The lowest BCUT2D eigenvalue weighted by atomic mass is 10.1. The maximum Gasteiger partial charge on any atom is 0.266 e. The van der Waals surface area contributed by atoms with E-state index in [4.69, 9.17) is 21.1 Å². The van der Waals surface area contributed by atoms with E-state index < -0.39 is 5.91 Å². The van der Waals surface area contributed by atoms with E-state index in [1.165, 1.54) is 17.2 Å². The van der Waals surface area contributed by atoms with Gasteiger partial charge in [-0.2, -0.15) is 5.26 Å². The summed E-state index contributed by atoms with van der Waals surface area (Å²) in [6.07, 6.45) is 1.51. The number of halogens is 2. The van der Waals surface area contributed by atoms with Gasteiger partial charge < -0.3 is 14.8 Å². The summed E-state index contributed by atoms with van der Waals surface area (Å²) < 4.78 is 12.5. The van der Waals surface area contributed by atoms with Gasteiger partial charge in [-0.25, -0.2) is 0 Å². The fraction of sp³-hybridized carbons (Fsp3) is 0.214. The van der Waals surface area contributed by atoms with Crippen molar-refractivity contribution in [2.24, 2.45) is 0 Å². The van der Waals surface area contributed by atoms with Gasteiger partial charge in [-0.1, -0.05) is 35.9 Å². The first-order valence-corrected chi connectivity index (χ1v) is 12.2. The van der Waals surface area contributed by atoms with Crippen molar-refractivity contribution < 1.29 is 14.3 Å². The number of amides is 1. The minimum atomic E-state index is -0.531. The number of nitriles is 1. The van der Waals surface area contributed by atoms with Crippen molar-refractivity contribution in [3.63, 3.8) is 0 Å². The van der Waals surface area contributed by atoms with Crippen molar-refractivity contribution in [2.75, 3.05) is 11.9 Å². The summed E-state index contributed by atoms with van der Waals surface area (Å²) in [6.45, 7) is 8.70. The molecular formula is C28H26BrClN2O3. The molecule has 0 aliphatic heterocycles. The molecule has 180 valence electrons. The Bertz CT molecular complexity index is 1330. The quantitative estimate of drug-likeness (QED) is 0.231. The van der Waals surface area contributed by atoms with Crippen LogP contribution >= 0.6 is 27.5 Å². The van der Waals surface area contributed by atoms with Crippen LogP contribution in [0, 0.1) is 32.1 Å². The van der Waals surface area contributed by atoms with E-state index in [1.54, 1.807) is 30.3 Å². The van der Waals surface area contributed by atoms with Crippen LogP contribution in [0.4, 0.5) is 5.69 Å². The lowest BCUT2D eigenvalue weighted by molar-refractivity contribution is -0.112. The van der Waals surface area contributed by atoms with E-state index in [-0.39, 0.29) is 5.57 Å². The van der Waals surface area contributed by atoms with Crippen molar-refractivity contribution in [1.82, 2.24) is 0 Å². The molecule has 1 N–H and O–H groups in total. The molecule has 0 aromatic heterocycles. The molecule has 7 heteroatoms.